The van der Waals surface area contributed by atoms with Crippen LogP contribution in [0.15, 0.2) is 24.3 Å². The predicted octanol–water partition coefficient (Wildman–Crippen LogP) is 1.98. The monoisotopic (exact) mass is 332 g/mol. The molecule has 0 bridgehead atoms. The average molecular weight is 332 g/mol. The highest BCUT2D eigenvalue weighted by atomic mass is 16.5. The first-order valence-electron chi connectivity index (χ1n) is 8.83. The lowest BCUT2D eigenvalue weighted by Gasteiger charge is -2.38. The number of amides is 1. The van der Waals surface area contributed by atoms with Gasteiger partial charge in [0.05, 0.1) is 7.11 Å². The summed E-state index contributed by atoms with van der Waals surface area (Å²) in [7, 11) is 3.90. The van der Waals surface area contributed by atoms with Crippen LogP contribution in [0, 0.1) is 5.92 Å². The number of likely N-dealkylation sites (tertiary alicyclic amines) is 2. The van der Waals surface area contributed by atoms with Crippen LogP contribution in [0.25, 0.3) is 0 Å². The van der Waals surface area contributed by atoms with Gasteiger partial charge in [-0.25, -0.2) is 0 Å². The van der Waals surface area contributed by atoms with Gasteiger partial charge in [-0.2, -0.15) is 0 Å². The minimum Gasteiger partial charge on any atom is -0.497 e. The first-order chi connectivity index (χ1) is 11.6. The summed E-state index contributed by atoms with van der Waals surface area (Å²) in [4.78, 5) is 16.8. The normalized spacial score (nSPS) is 27.1. The number of hydrogen-bond donors (Lipinski definition) is 0. The highest BCUT2D eigenvalue weighted by molar-refractivity contribution is 5.77. The third kappa shape index (κ3) is 3.42. The van der Waals surface area contributed by atoms with Crippen LogP contribution in [-0.4, -0.2) is 68.8 Å². The molecule has 2 aliphatic rings. The van der Waals surface area contributed by atoms with Crippen LogP contribution in [0.4, 0.5) is 0 Å². The molecule has 0 N–H and O–H groups in total. The number of methoxy groups -OCH3 is 1. The van der Waals surface area contributed by atoms with Crippen LogP contribution in [0.3, 0.4) is 0 Å². The number of carbonyl (C=O) groups is 1. The first-order valence-corrected chi connectivity index (χ1v) is 8.83. The molecule has 1 aromatic carbocycles. The SMILES string of the molecule is CCOCC(=O)N1CC[C@@H]2[C@H](C1)[C@@H](c1ccc(OC)cc1)CN2C. The fourth-order valence-corrected chi connectivity index (χ4v) is 4.20. The lowest BCUT2D eigenvalue weighted by molar-refractivity contribution is -0.138. The topological polar surface area (TPSA) is 42.0 Å². The lowest BCUT2D eigenvalue weighted by atomic mass is 9.82. The van der Waals surface area contributed by atoms with Gasteiger partial charge >= 0.3 is 0 Å². The third-order valence-corrected chi connectivity index (χ3v) is 5.51. The van der Waals surface area contributed by atoms with E-state index in [4.69, 9.17) is 9.47 Å². The second-order valence-corrected chi connectivity index (χ2v) is 6.82. The molecule has 3 atom stereocenters. The summed E-state index contributed by atoms with van der Waals surface area (Å²) in [5.74, 6) is 1.97. The van der Waals surface area contributed by atoms with E-state index in [1.165, 1.54) is 5.56 Å². The van der Waals surface area contributed by atoms with Gasteiger partial charge in [-0.1, -0.05) is 12.1 Å². The molecule has 2 fully saturated rings. The van der Waals surface area contributed by atoms with Gasteiger partial charge in [-0.3, -0.25) is 4.79 Å². The van der Waals surface area contributed by atoms with E-state index in [1.54, 1.807) is 7.11 Å². The van der Waals surface area contributed by atoms with Crippen molar-refractivity contribution in [2.75, 3.05) is 47.0 Å². The summed E-state index contributed by atoms with van der Waals surface area (Å²) in [6.07, 6.45) is 1.05. The van der Waals surface area contributed by atoms with Crippen LogP contribution in [0.5, 0.6) is 5.75 Å². The summed E-state index contributed by atoms with van der Waals surface area (Å²) in [5, 5.41) is 0. The zero-order valence-electron chi connectivity index (χ0n) is 14.9. The molecular weight excluding hydrogens is 304 g/mol. The van der Waals surface area contributed by atoms with Crippen LogP contribution in [-0.2, 0) is 9.53 Å². The summed E-state index contributed by atoms with van der Waals surface area (Å²) in [6, 6.07) is 8.96. The zero-order valence-corrected chi connectivity index (χ0v) is 14.9. The number of likely N-dealkylation sites (N-methyl/N-ethyl adjacent to an activating group) is 1. The minimum absolute atomic E-state index is 0.123. The summed E-state index contributed by atoms with van der Waals surface area (Å²) in [5.41, 5.74) is 1.34. The number of benzene rings is 1. The maximum Gasteiger partial charge on any atom is 0.248 e. The van der Waals surface area contributed by atoms with Crippen LogP contribution in [0.2, 0.25) is 0 Å². The second kappa shape index (κ2) is 7.53. The minimum atomic E-state index is 0.123. The number of carbonyl (C=O) groups excluding carboxylic acids is 1. The Bertz CT molecular complexity index is 560. The Labute approximate surface area is 144 Å². The maximum atomic E-state index is 12.3. The Morgan fingerprint density at radius 2 is 2.00 bits per heavy atom. The average Bonchev–Trinajstić information content (AvgIpc) is 2.96. The van der Waals surface area contributed by atoms with Crippen LogP contribution >= 0.6 is 0 Å². The first kappa shape index (κ1) is 17.2. The Hall–Kier alpha value is -1.59. The molecule has 2 saturated heterocycles. The van der Waals surface area contributed by atoms with E-state index in [2.05, 4.69) is 24.1 Å². The van der Waals surface area contributed by atoms with Crippen molar-refractivity contribution < 1.29 is 14.3 Å². The van der Waals surface area contributed by atoms with Crippen molar-refractivity contribution in [2.45, 2.75) is 25.3 Å². The van der Waals surface area contributed by atoms with Crippen molar-refractivity contribution >= 4 is 5.91 Å². The van der Waals surface area contributed by atoms with E-state index < -0.39 is 0 Å². The van der Waals surface area contributed by atoms with Gasteiger partial charge in [0.1, 0.15) is 12.4 Å². The molecule has 1 aromatic rings. The van der Waals surface area contributed by atoms with Gasteiger partial charge in [0.2, 0.25) is 5.91 Å². The van der Waals surface area contributed by atoms with E-state index in [1.807, 2.05) is 24.0 Å². The Balaban J connectivity index is 1.73. The van der Waals surface area contributed by atoms with Gasteiger partial charge in [0.15, 0.2) is 0 Å². The van der Waals surface area contributed by atoms with Gasteiger partial charge in [0, 0.05) is 44.1 Å². The molecule has 24 heavy (non-hydrogen) atoms. The van der Waals surface area contributed by atoms with Gasteiger partial charge in [-0.15, -0.1) is 0 Å². The van der Waals surface area contributed by atoms with Gasteiger partial charge in [0.25, 0.3) is 0 Å². The Morgan fingerprint density at radius 3 is 2.67 bits per heavy atom. The number of fused-ring (bicyclic) bond motifs is 1. The zero-order chi connectivity index (χ0) is 17.1. The van der Waals surface area contributed by atoms with Crippen molar-refractivity contribution in [3.05, 3.63) is 29.8 Å². The molecule has 0 saturated carbocycles. The molecule has 0 aromatic heterocycles. The van der Waals surface area contributed by atoms with Gasteiger partial charge in [-0.05, 0) is 38.1 Å². The Kier molecular flexibility index (Phi) is 5.41. The molecule has 0 radical (unpaired) electrons. The lowest BCUT2D eigenvalue weighted by Crippen LogP contribution is -2.49. The summed E-state index contributed by atoms with van der Waals surface area (Å²) >= 11 is 0. The molecule has 0 aliphatic carbocycles. The largest absolute Gasteiger partial charge is 0.497 e. The highest BCUT2D eigenvalue weighted by Crippen LogP contribution is 2.41. The number of rotatable bonds is 5. The number of ether oxygens (including phenoxy) is 2. The quantitative estimate of drug-likeness (QED) is 0.827. The molecule has 1 amide bonds. The molecule has 2 aliphatic heterocycles. The smallest absolute Gasteiger partial charge is 0.248 e. The molecule has 3 rings (SSSR count). The van der Waals surface area contributed by atoms with Crippen LogP contribution < -0.4 is 4.74 Å². The number of nitrogens with zero attached hydrogens (tertiary/aromatic N) is 2. The second-order valence-electron chi connectivity index (χ2n) is 6.82. The fourth-order valence-electron chi connectivity index (χ4n) is 4.20. The summed E-state index contributed by atoms with van der Waals surface area (Å²) < 4.78 is 10.6. The molecule has 132 valence electrons. The number of piperidine rings is 1. The van der Waals surface area contributed by atoms with E-state index in [0.717, 1.165) is 31.8 Å². The molecule has 2 heterocycles. The van der Waals surface area contributed by atoms with Crippen molar-refractivity contribution in [2.24, 2.45) is 5.92 Å². The van der Waals surface area contributed by atoms with Crippen molar-refractivity contribution in [3.8, 4) is 5.75 Å². The van der Waals surface area contributed by atoms with E-state index in [9.17, 15) is 4.79 Å². The Morgan fingerprint density at radius 1 is 1.25 bits per heavy atom. The fraction of sp³-hybridized carbons (Fsp3) is 0.632. The molecular formula is C19H28N2O3. The molecule has 0 spiro atoms. The van der Waals surface area contributed by atoms with Crippen LogP contribution in [0.1, 0.15) is 24.8 Å². The van der Waals surface area contributed by atoms with E-state index in [0.29, 0.717) is 24.5 Å². The standard InChI is InChI=1S/C19H28N2O3/c1-4-24-13-19(22)21-10-9-18-17(12-21)16(11-20(18)2)14-5-7-15(23-3)8-6-14/h5-8,16-18H,4,9-13H2,1-3H3/t16-,17-,18-/m1/s1. The maximum absolute atomic E-state index is 12.3. The van der Waals surface area contributed by atoms with E-state index in [-0.39, 0.29) is 12.5 Å². The van der Waals surface area contributed by atoms with Crippen molar-refractivity contribution in [3.63, 3.8) is 0 Å². The molecule has 0 unspecified atom stereocenters. The highest BCUT2D eigenvalue weighted by Gasteiger charge is 2.44. The third-order valence-electron chi connectivity index (χ3n) is 5.51. The molecule has 5 nitrogen and oxygen atoms in total. The summed E-state index contributed by atoms with van der Waals surface area (Å²) in [6.45, 7) is 5.43. The van der Waals surface area contributed by atoms with E-state index >= 15 is 0 Å². The number of hydrogen-bond acceptors (Lipinski definition) is 4. The van der Waals surface area contributed by atoms with Crippen molar-refractivity contribution in [1.82, 2.24) is 9.80 Å². The predicted molar refractivity (Wildman–Crippen MR) is 93.3 cm³/mol. The molecule has 5 heteroatoms. The van der Waals surface area contributed by atoms with Crippen molar-refractivity contribution in [1.29, 1.82) is 0 Å². The van der Waals surface area contributed by atoms with Gasteiger partial charge < -0.3 is 19.3 Å².